The van der Waals surface area contributed by atoms with Crippen LogP contribution in [0.1, 0.15) is 12.8 Å². The molecule has 2 aliphatic heterocycles. The van der Waals surface area contributed by atoms with E-state index >= 15 is 0 Å². The van der Waals surface area contributed by atoms with E-state index < -0.39 is 0 Å². The van der Waals surface area contributed by atoms with E-state index in [4.69, 9.17) is 16.2 Å². The van der Waals surface area contributed by atoms with Gasteiger partial charge in [0.25, 0.3) is 0 Å². The van der Waals surface area contributed by atoms with E-state index in [1.165, 1.54) is 12.8 Å². The van der Waals surface area contributed by atoms with E-state index in [0.717, 1.165) is 45.1 Å². The van der Waals surface area contributed by atoms with Crippen LogP contribution in [0, 0.1) is 0 Å². The third kappa shape index (κ3) is 4.02. The second kappa shape index (κ2) is 7.36. The molecular weight excluding hydrogens is 252 g/mol. The highest BCUT2D eigenvalue weighted by molar-refractivity contribution is 5.23. The molecule has 112 valence electrons. The fourth-order valence-electron chi connectivity index (χ4n) is 2.89. The molecule has 5 heteroatoms. The first-order valence-corrected chi connectivity index (χ1v) is 7.32. The molecule has 0 spiro atoms. The number of morpholine rings is 1. The highest BCUT2D eigenvalue weighted by atomic mass is 16.5. The van der Waals surface area contributed by atoms with Gasteiger partial charge in [-0.2, -0.15) is 0 Å². The molecule has 0 amide bonds. The molecule has 0 bridgehead atoms. The second-order valence-electron chi connectivity index (χ2n) is 5.37. The van der Waals surface area contributed by atoms with Crippen LogP contribution in [0.4, 0.5) is 0 Å². The Morgan fingerprint density at radius 3 is 2.30 bits per heavy atom. The van der Waals surface area contributed by atoms with Crippen LogP contribution in [0.15, 0.2) is 36.3 Å². The Kier molecular flexibility index (Phi) is 5.49. The van der Waals surface area contributed by atoms with Crippen molar-refractivity contribution >= 4 is 0 Å². The van der Waals surface area contributed by atoms with Crippen LogP contribution >= 0.6 is 0 Å². The topological polar surface area (TPSA) is 67.8 Å². The largest absolute Gasteiger partial charge is 0.403 e. The molecule has 0 aromatic rings. The first kappa shape index (κ1) is 14.9. The van der Waals surface area contributed by atoms with Crippen molar-refractivity contribution in [3.05, 3.63) is 36.3 Å². The summed E-state index contributed by atoms with van der Waals surface area (Å²) in [6.07, 6.45) is 7.74. The van der Waals surface area contributed by atoms with Gasteiger partial charge in [0, 0.05) is 44.1 Å². The van der Waals surface area contributed by atoms with Gasteiger partial charge >= 0.3 is 0 Å². The monoisotopic (exact) mass is 278 g/mol. The highest BCUT2D eigenvalue weighted by Crippen LogP contribution is 2.20. The summed E-state index contributed by atoms with van der Waals surface area (Å²) < 4.78 is 5.41. The van der Waals surface area contributed by atoms with Crippen molar-refractivity contribution < 1.29 is 4.74 Å². The van der Waals surface area contributed by atoms with Crippen LogP contribution in [0.5, 0.6) is 0 Å². The first-order chi connectivity index (χ1) is 9.70. The number of ether oxygens (including phenoxy) is 1. The Hall–Kier alpha value is -1.46. The zero-order chi connectivity index (χ0) is 14.4. The van der Waals surface area contributed by atoms with Crippen LogP contribution in [0.25, 0.3) is 0 Å². The molecule has 2 heterocycles. The Morgan fingerprint density at radius 1 is 1.10 bits per heavy atom. The van der Waals surface area contributed by atoms with E-state index in [-0.39, 0.29) is 0 Å². The molecule has 20 heavy (non-hydrogen) atoms. The molecule has 0 atom stereocenters. The van der Waals surface area contributed by atoms with E-state index in [1.807, 2.05) is 6.08 Å². The molecule has 5 nitrogen and oxygen atoms in total. The smallest absolute Gasteiger partial charge is 0.0594 e. The van der Waals surface area contributed by atoms with Crippen molar-refractivity contribution in [1.82, 2.24) is 9.80 Å². The molecule has 0 aliphatic carbocycles. The minimum atomic E-state index is 0.549. The highest BCUT2D eigenvalue weighted by Gasteiger charge is 2.25. The Morgan fingerprint density at radius 2 is 1.75 bits per heavy atom. The number of likely N-dealkylation sites (tertiary alicyclic amines) is 1. The number of allylic oxidation sites excluding steroid dienone is 2. The van der Waals surface area contributed by atoms with Gasteiger partial charge in [-0.15, -0.1) is 0 Å². The van der Waals surface area contributed by atoms with Gasteiger partial charge in [-0.25, -0.2) is 0 Å². The number of piperidine rings is 1. The fourth-order valence-corrected chi connectivity index (χ4v) is 2.89. The fraction of sp³-hybridized carbons (Fsp3) is 0.600. The van der Waals surface area contributed by atoms with Gasteiger partial charge < -0.3 is 21.1 Å². The molecule has 0 saturated carbocycles. The summed E-state index contributed by atoms with van der Waals surface area (Å²) in [6.45, 7) is 9.61. The average molecular weight is 278 g/mol. The number of hydrogen-bond donors (Lipinski definition) is 2. The van der Waals surface area contributed by atoms with Gasteiger partial charge in [0.15, 0.2) is 0 Å². The van der Waals surface area contributed by atoms with Gasteiger partial charge in [-0.05, 0) is 25.0 Å². The lowest BCUT2D eigenvalue weighted by molar-refractivity contribution is 0.00366. The minimum Gasteiger partial charge on any atom is -0.403 e. The maximum absolute atomic E-state index is 5.71. The summed E-state index contributed by atoms with van der Waals surface area (Å²) in [5, 5.41) is 0. The Labute approximate surface area is 121 Å². The first-order valence-electron chi connectivity index (χ1n) is 7.32. The second-order valence-corrected chi connectivity index (χ2v) is 5.37. The predicted octanol–water partition coefficient (Wildman–Crippen LogP) is 0.612. The lowest BCUT2D eigenvalue weighted by Gasteiger charge is -2.41. The molecule has 4 N–H and O–H groups in total. The Balaban J connectivity index is 1.85. The standard InChI is InChI=1S/C15H26N4O/c1-13(17)2-3-15(12-16)18-6-4-14(5-7-18)19-8-10-20-11-9-19/h2-3,12,14H,1,4-11,16-17H2/b3-2-,15-12+. The molecule has 0 radical (unpaired) electrons. The van der Waals surface area contributed by atoms with E-state index in [2.05, 4.69) is 16.4 Å². The summed E-state index contributed by atoms with van der Waals surface area (Å²) in [5.41, 5.74) is 12.8. The number of hydrogen-bond acceptors (Lipinski definition) is 5. The van der Waals surface area contributed by atoms with Crippen LogP contribution in [0.3, 0.4) is 0 Å². The van der Waals surface area contributed by atoms with Gasteiger partial charge in [-0.3, -0.25) is 4.90 Å². The van der Waals surface area contributed by atoms with Crippen LogP contribution in [-0.2, 0) is 4.74 Å². The SMILES string of the molecule is C=C(N)/C=C\C(=C/N)N1CCC(N2CCOCC2)CC1. The zero-order valence-corrected chi connectivity index (χ0v) is 12.1. The molecule has 2 fully saturated rings. The van der Waals surface area contributed by atoms with Gasteiger partial charge in [-0.1, -0.05) is 6.58 Å². The average Bonchev–Trinajstić information content (AvgIpc) is 2.49. The van der Waals surface area contributed by atoms with Crippen LogP contribution in [0.2, 0.25) is 0 Å². The molecular formula is C15H26N4O. The number of rotatable bonds is 4. The van der Waals surface area contributed by atoms with Crippen molar-refractivity contribution in [2.75, 3.05) is 39.4 Å². The number of nitrogens with zero attached hydrogens (tertiary/aromatic N) is 2. The summed E-state index contributed by atoms with van der Waals surface area (Å²) in [7, 11) is 0. The molecule has 2 aliphatic rings. The summed E-state index contributed by atoms with van der Waals surface area (Å²) in [4.78, 5) is 4.88. The van der Waals surface area contributed by atoms with Gasteiger partial charge in [0.05, 0.1) is 18.9 Å². The molecule has 0 unspecified atom stereocenters. The third-order valence-electron chi connectivity index (χ3n) is 4.03. The summed E-state index contributed by atoms with van der Waals surface area (Å²) in [6, 6.07) is 0.683. The normalized spacial score (nSPS) is 23.4. The lowest BCUT2D eigenvalue weighted by Crippen LogP contribution is -2.48. The zero-order valence-electron chi connectivity index (χ0n) is 12.1. The third-order valence-corrected chi connectivity index (χ3v) is 4.03. The van der Waals surface area contributed by atoms with Crippen molar-refractivity contribution in [1.29, 1.82) is 0 Å². The quantitative estimate of drug-likeness (QED) is 0.738. The minimum absolute atomic E-state index is 0.549. The van der Waals surface area contributed by atoms with Crippen molar-refractivity contribution in [2.45, 2.75) is 18.9 Å². The van der Waals surface area contributed by atoms with Gasteiger partial charge in [0.2, 0.25) is 0 Å². The van der Waals surface area contributed by atoms with Gasteiger partial charge in [0.1, 0.15) is 0 Å². The molecule has 0 aromatic heterocycles. The number of nitrogens with two attached hydrogens (primary N) is 2. The summed E-state index contributed by atoms with van der Waals surface area (Å²) in [5.74, 6) is 0. The lowest BCUT2D eigenvalue weighted by atomic mass is 10.0. The molecule has 2 rings (SSSR count). The van der Waals surface area contributed by atoms with Crippen molar-refractivity contribution in [2.24, 2.45) is 11.5 Å². The van der Waals surface area contributed by atoms with E-state index in [9.17, 15) is 0 Å². The molecule has 0 aromatic carbocycles. The van der Waals surface area contributed by atoms with Crippen LogP contribution in [-0.4, -0.2) is 55.2 Å². The van der Waals surface area contributed by atoms with Crippen molar-refractivity contribution in [3.63, 3.8) is 0 Å². The van der Waals surface area contributed by atoms with Crippen LogP contribution < -0.4 is 11.5 Å². The maximum atomic E-state index is 5.71. The predicted molar refractivity (Wildman–Crippen MR) is 81.7 cm³/mol. The van der Waals surface area contributed by atoms with E-state index in [1.54, 1.807) is 12.3 Å². The van der Waals surface area contributed by atoms with Crippen molar-refractivity contribution in [3.8, 4) is 0 Å². The maximum Gasteiger partial charge on any atom is 0.0594 e. The van der Waals surface area contributed by atoms with E-state index in [0.29, 0.717) is 11.7 Å². The summed E-state index contributed by atoms with van der Waals surface area (Å²) >= 11 is 0. The Bertz CT molecular complexity index is 377. The molecule has 2 saturated heterocycles.